The Hall–Kier alpha value is -3.14. The summed E-state index contributed by atoms with van der Waals surface area (Å²) in [4.78, 5) is 84.6. The van der Waals surface area contributed by atoms with Crippen molar-refractivity contribution in [1.29, 1.82) is 0 Å². The van der Waals surface area contributed by atoms with Gasteiger partial charge >= 0.3 is 41.8 Å². The van der Waals surface area contributed by atoms with Gasteiger partial charge in [0.1, 0.15) is 31.5 Å². The summed E-state index contributed by atoms with van der Waals surface area (Å²) in [5.74, 6) is -5.72. The quantitative estimate of drug-likeness (QED) is 0.0982. The molecule has 0 aromatic heterocycles. The molecule has 0 aromatic rings. The molecule has 47 heavy (non-hydrogen) atoms. The molecular weight excluding hydrogens is 751 g/mol. The zero-order chi connectivity index (χ0) is 35.4. The van der Waals surface area contributed by atoms with E-state index in [1.807, 2.05) is 22.6 Å². The highest BCUT2D eigenvalue weighted by Gasteiger charge is 2.57. The van der Waals surface area contributed by atoms with Gasteiger partial charge < -0.3 is 52.1 Å². The minimum atomic E-state index is -1.76. The molecular formula is C28H39IO18. The number of rotatable bonds is 14. The highest BCUT2D eigenvalue weighted by molar-refractivity contribution is 14.1. The van der Waals surface area contributed by atoms with E-state index >= 15 is 0 Å². The molecule has 2 rings (SSSR count). The van der Waals surface area contributed by atoms with Crippen LogP contribution in [0.15, 0.2) is 0 Å². The molecule has 0 radical (unpaired) electrons. The lowest BCUT2D eigenvalue weighted by Crippen LogP contribution is -2.67. The molecule has 2 saturated heterocycles. The smallest absolute Gasteiger partial charge is 0.303 e. The third-order valence-corrected chi connectivity index (χ3v) is 6.69. The molecule has 10 atom stereocenters. The Labute approximate surface area is 283 Å². The minimum Gasteiger partial charge on any atom is -0.463 e. The number of hydrogen-bond donors (Lipinski definition) is 0. The molecule has 0 unspecified atom stereocenters. The van der Waals surface area contributed by atoms with Crippen LogP contribution in [0.4, 0.5) is 0 Å². The predicted octanol–water partition coefficient (Wildman–Crippen LogP) is 0.0577. The zero-order valence-electron chi connectivity index (χ0n) is 26.8. The lowest BCUT2D eigenvalue weighted by molar-refractivity contribution is -0.360. The molecule has 2 aliphatic heterocycles. The summed E-state index contributed by atoms with van der Waals surface area (Å²) >= 11 is 2.03. The number of hydrogen-bond acceptors (Lipinski definition) is 18. The van der Waals surface area contributed by atoms with Gasteiger partial charge in [0.15, 0.2) is 43.1 Å². The van der Waals surface area contributed by atoms with E-state index in [0.717, 1.165) is 48.5 Å². The maximum absolute atomic E-state index is 12.4. The van der Waals surface area contributed by atoms with Crippen LogP contribution in [0.25, 0.3) is 0 Å². The molecule has 0 bridgehead atoms. The zero-order valence-corrected chi connectivity index (χ0v) is 29.0. The van der Waals surface area contributed by atoms with Crippen LogP contribution < -0.4 is 0 Å². The average molecular weight is 791 g/mol. The minimum absolute atomic E-state index is 0.112. The Morgan fingerprint density at radius 1 is 0.489 bits per heavy atom. The van der Waals surface area contributed by atoms with Crippen molar-refractivity contribution in [3.63, 3.8) is 0 Å². The highest BCUT2D eigenvalue weighted by atomic mass is 127. The summed E-state index contributed by atoms with van der Waals surface area (Å²) in [6.07, 6.45) is -15.0. The predicted molar refractivity (Wildman–Crippen MR) is 158 cm³/mol. The molecule has 0 aliphatic carbocycles. The van der Waals surface area contributed by atoms with Crippen LogP contribution in [-0.2, 0) is 85.7 Å². The molecule has 0 amide bonds. The van der Waals surface area contributed by atoms with Gasteiger partial charge in [0.05, 0.1) is 6.61 Å². The fourth-order valence-electron chi connectivity index (χ4n) is 4.77. The lowest BCUT2D eigenvalue weighted by atomic mass is 9.96. The van der Waals surface area contributed by atoms with Crippen LogP contribution in [0.3, 0.4) is 0 Å². The molecule has 266 valence electrons. The van der Waals surface area contributed by atoms with Crippen molar-refractivity contribution in [2.24, 2.45) is 0 Å². The maximum atomic E-state index is 12.4. The third kappa shape index (κ3) is 12.8. The van der Waals surface area contributed by atoms with Gasteiger partial charge in [-0.3, -0.25) is 33.6 Å². The fourth-order valence-corrected chi connectivity index (χ4v) is 5.02. The van der Waals surface area contributed by atoms with Gasteiger partial charge in [-0.05, 0) is 0 Å². The molecule has 0 spiro atoms. The number of ether oxygens (including phenoxy) is 11. The first-order chi connectivity index (χ1) is 22.0. The average Bonchev–Trinajstić information content (AvgIpc) is 2.94. The van der Waals surface area contributed by atoms with Crippen molar-refractivity contribution in [3.05, 3.63) is 0 Å². The monoisotopic (exact) mass is 790 g/mol. The van der Waals surface area contributed by atoms with Gasteiger partial charge in [0.2, 0.25) is 0 Å². The van der Waals surface area contributed by atoms with Gasteiger partial charge in [-0.2, -0.15) is 0 Å². The van der Waals surface area contributed by atoms with Crippen LogP contribution in [-0.4, -0.2) is 127 Å². The maximum Gasteiger partial charge on any atom is 0.303 e. The molecule has 19 heteroatoms. The Morgan fingerprint density at radius 2 is 0.851 bits per heavy atom. The van der Waals surface area contributed by atoms with Crippen LogP contribution in [0.2, 0.25) is 0 Å². The Bertz CT molecular complexity index is 1140. The third-order valence-electron chi connectivity index (χ3n) is 6.24. The van der Waals surface area contributed by atoms with E-state index in [1.165, 1.54) is 0 Å². The van der Waals surface area contributed by atoms with Crippen LogP contribution in [0.1, 0.15) is 48.5 Å². The van der Waals surface area contributed by atoms with Crippen LogP contribution >= 0.6 is 22.6 Å². The van der Waals surface area contributed by atoms with E-state index in [-0.39, 0.29) is 6.61 Å². The molecule has 0 aromatic carbocycles. The highest BCUT2D eigenvalue weighted by Crippen LogP contribution is 2.35. The molecule has 2 heterocycles. The van der Waals surface area contributed by atoms with Crippen molar-refractivity contribution in [3.8, 4) is 0 Å². The van der Waals surface area contributed by atoms with E-state index < -0.39 is 116 Å². The van der Waals surface area contributed by atoms with Crippen molar-refractivity contribution < 1.29 is 85.7 Å². The molecule has 18 nitrogen and oxygen atoms in total. The van der Waals surface area contributed by atoms with Gasteiger partial charge in [0, 0.05) is 52.9 Å². The van der Waals surface area contributed by atoms with Crippen molar-refractivity contribution in [2.45, 2.75) is 110 Å². The van der Waals surface area contributed by atoms with Gasteiger partial charge in [0.25, 0.3) is 0 Å². The number of carbonyl (C=O) groups excluding carboxylic acids is 7. The van der Waals surface area contributed by atoms with Crippen LogP contribution in [0, 0.1) is 0 Å². The summed E-state index contributed by atoms with van der Waals surface area (Å²) < 4.78 is 62.1. The summed E-state index contributed by atoms with van der Waals surface area (Å²) in [5, 5.41) is 0. The summed E-state index contributed by atoms with van der Waals surface area (Å²) in [7, 11) is 0. The summed E-state index contributed by atoms with van der Waals surface area (Å²) in [6.45, 7) is 6.62. The van der Waals surface area contributed by atoms with Gasteiger partial charge in [-0.25, -0.2) is 0 Å². The lowest BCUT2D eigenvalue weighted by Gasteiger charge is -2.48. The topological polar surface area (TPSA) is 221 Å². The summed E-state index contributed by atoms with van der Waals surface area (Å²) in [6, 6.07) is 0. The van der Waals surface area contributed by atoms with Gasteiger partial charge in [-0.15, -0.1) is 0 Å². The number of esters is 7. The first-order valence-corrected chi connectivity index (χ1v) is 15.8. The first kappa shape index (κ1) is 40.0. The second-order valence-corrected chi connectivity index (χ2v) is 11.3. The largest absolute Gasteiger partial charge is 0.463 e. The molecule has 0 saturated carbocycles. The first-order valence-electron chi connectivity index (χ1n) is 14.3. The second-order valence-electron chi connectivity index (χ2n) is 10.2. The number of halogens is 1. The Balaban J connectivity index is 2.71. The van der Waals surface area contributed by atoms with Crippen LogP contribution in [0.5, 0.6) is 0 Å². The second kappa shape index (κ2) is 19.0. The van der Waals surface area contributed by atoms with E-state index in [0.29, 0.717) is 4.43 Å². The molecule has 2 fully saturated rings. The van der Waals surface area contributed by atoms with Gasteiger partial charge in [-0.1, -0.05) is 22.6 Å². The number of carbonyl (C=O) groups is 7. The Kier molecular flexibility index (Phi) is 16.2. The van der Waals surface area contributed by atoms with E-state index in [2.05, 4.69) is 0 Å². The van der Waals surface area contributed by atoms with E-state index in [9.17, 15) is 33.6 Å². The van der Waals surface area contributed by atoms with Crippen molar-refractivity contribution in [2.75, 3.05) is 24.2 Å². The van der Waals surface area contributed by atoms with E-state index in [4.69, 9.17) is 52.1 Å². The normalized spacial score (nSPS) is 30.2. The fraction of sp³-hybridized carbons (Fsp3) is 0.750. The summed E-state index contributed by atoms with van der Waals surface area (Å²) in [5.41, 5.74) is 0. The Morgan fingerprint density at radius 3 is 1.28 bits per heavy atom. The SMILES string of the molecule is CC(=O)OC[C@H]1O[C@@H](O[C@H]2[C@H](OC(C)=O)[C@@H](OC(C)=O)[C@H](OCCI)O[C@@H]2COC(C)=O)[C@H](OC(C)=O)[C@@H](OC(C)=O)[C@H]1OC(C)=O. The standard InChI is InChI=1S/C28H39IO18/c1-12(30)38-10-19-21(40-14(3)32)23(41-15(4)33)26(44-18(7)36)28(46-19)47-22-20(11-39-13(2)31)45-27(37-9-8-29)25(43-17(6)35)24(22)42-16(5)34/h19-28H,8-11H2,1-7H3/t19-,20-,21+,22-,23+,24+,25-,26-,27-,28+/m1/s1. The molecule has 0 N–H and O–H groups in total. The van der Waals surface area contributed by atoms with Crippen molar-refractivity contribution >= 4 is 64.4 Å². The van der Waals surface area contributed by atoms with Crippen molar-refractivity contribution in [1.82, 2.24) is 0 Å². The number of alkyl halides is 1. The molecule has 2 aliphatic rings. The van der Waals surface area contributed by atoms with E-state index in [1.54, 1.807) is 0 Å².